The first-order valence-corrected chi connectivity index (χ1v) is 8.19. The summed E-state index contributed by atoms with van der Waals surface area (Å²) in [5.74, 6) is 0.102. The molecule has 0 saturated heterocycles. The van der Waals surface area contributed by atoms with Gasteiger partial charge in [0, 0.05) is 28.0 Å². The van der Waals surface area contributed by atoms with Crippen molar-refractivity contribution < 1.29 is 5.11 Å². The fourth-order valence-electron chi connectivity index (χ4n) is 2.11. The summed E-state index contributed by atoms with van der Waals surface area (Å²) in [6.45, 7) is 2.70. The lowest BCUT2D eigenvalue weighted by Gasteiger charge is -2.17. The molecule has 0 radical (unpaired) electrons. The Kier molecular flexibility index (Phi) is 5.73. The van der Waals surface area contributed by atoms with Crippen LogP contribution in [0.2, 0.25) is 10.0 Å². The van der Waals surface area contributed by atoms with Gasteiger partial charge < -0.3 is 10.4 Å². The third-order valence-corrected chi connectivity index (χ3v) is 4.60. The molecular weight excluding hydrogens is 313 g/mol. The van der Waals surface area contributed by atoms with Gasteiger partial charge in [0.25, 0.3) is 0 Å². The standard InChI is InChI=1S/C15H17Cl2NOS/c1-2-4-13(14-5-3-6-20-14)18-9-10-7-11(16)8-12(17)15(10)19/h3,5-8,13,18-19H,2,4,9H2,1H3. The molecule has 1 aromatic heterocycles. The maximum absolute atomic E-state index is 9.97. The van der Waals surface area contributed by atoms with E-state index in [0.717, 1.165) is 18.4 Å². The normalized spacial score (nSPS) is 12.6. The van der Waals surface area contributed by atoms with Gasteiger partial charge >= 0.3 is 0 Å². The van der Waals surface area contributed by atoms with Crippen LogP contribution in [0.4, 0.5) is 0 Å². The van der Waals surface area contributed by atoms with E-state index in [4.69, 9.17) is 23.2 Å². The van der Waals surface area contributed by atoms with Crippen molar-refractivity contribution >= 4 is 34.5 Å². The van der Waals surface area contributed by atoms with Crippen molar-refractivity contribution in [2.24, 2.45) is 0 Å². The molecule has 0 spiro atoms. The van der Waals surface area contributed by atoms with Crippen LogP contribution in [0, 0.1) is 0 Å². The predicted octanol–water partition coefficient (Wildman–Crippen LogP) is 5.39. The minimum atomic E-state index is 0.102. The van der Waals surface area contributed by atoms with Crippen LogP contribution in [0.1, 0.15) is 36.2 Å². The molecule has 2 aromatic rings. The van der Waals surface area contributed by atoms with Gasteiger partial charge in [0.15, 0.2) is 0 Å². The summed E-state index contributed by atoms with van der Waals surface area (Å²) in [4.78, 5) is 1.31. The molecule has 0 amide bonds. The highest BCUT2D eigenvalue weighted by Crippen LogP contribution is 2.32. The van der Waals surface area contributed by atoms with E-state index in [1.165, 1.54) is 4.88 Å². The number of benzene rings is 1. The zero-order valence-corrected chi connectivity index (χ0v) is 13.5. The minimum Gasteiger partial charge on any atom is -0.506 e. The summed E-state index contributed by atoms with van der Waals surface area (Å²) in [5, 5.41) is 16.3. The third-order valence-electron chi connectivity index (χ3n) is 3.11. The molecule has 108 valence electrons. The highest BCUT2D eigenvalue weighted by molar-refractivity contribution is 7.10. The van der Waals surface area contributed by atoms with E-state index in [2.05, 4.69) is 29.8 Å². The van der Waals surface area contributed by atoms with Crippen molar-refractivity contribution in [1.82, 2.24) is 5.32 Å². The number of hydrogen-bond donors (Lipinski definition) is 2. The van der Waals surface area contributed by atoms with E-state index < -0.39 is 0 Å². The zero-order chi connectivity index (χ0) is 14.5. The van der Waals surface area contributed by atoms with Crippen LogP contribution >= 0.6 is 34.5 Å². The van der Waals surface area contributed by atoms with Gasteiger partial charge in [0.1, 0.15) is 5.75 Å². The molecule has 0 bridgehead atoms. The van der Waals surface area contributed by atoms with Crippen LogP contribution in [0.3, 0.4) is 0 Å². The largest absolute Gasteiger partial charge is 0.506 e. The van der Waals surface area contributed by atoms with E-state index in [-0.39, 0.29) is 16.8 Å². The number of phenols is 1. The second kappa shape index (κ2) is 7.32. The number of halogens is 2. The Morgan fingerprint density at radius 2 is 2.15 bits per heavy atom. The van der Waals surface area contributed by atoms with E-state index in [9.17, 15) is 5.11 Å². The summed E-state index contributed by atoms with van der Waals surface area (Å²) < 4.78 is 0. The third kappa shape index (κ3) is 3.89. The highest BCUT2D eigenvalue weighted by atomic mass is 35.5. The van der Waals surface area contributed by atoms with Gasteiger partial charge in [-0.3, -0.25) is 0 Å². The first-order chi connectivity index (χ1) is 9.61. The molecule has 0 aliphatic heterocycles. The molecule has 2 N–H and O–H groups in total. The van der Waals surface area contributed by atoms with Gasteiger partial charge in [-0.15, -0.1) is 11.3 Å². The van der Waals surface area contributed by atoms with Gasteiger partial charge in [-0.1, -0.05) is 42.6 Å². The molecule has 2 rings (SSSR count). The fraction of sp³-hybridized carbons (Fsp3) is 0.333. The second-order valence-electron chi connectivity index (χ2n) is 4.63. The summed E-state index contributed by atoms with van der Waals surface area (Å²) in [6, 6.07) is 7.76. The van der Waals surface area contributed by atoms with Crippen LogP contribution < -0.4 is 5.32 Å². The molecule has 20 heavy (non-hydrogen) atoms. The van der Waals surface area contributed by atoms with Gasteiger partial charge in [-0.2, -0.15) is 0 Å². The molecule has 1 unspecified atom stereocenters. The Morgan fingerprint density at radius 3 is 2.80 bits per heavy atom. The summed E-state index contributed by atoms with van der Waals surface area (Å²) in [5.41, 5.74) is 0.722. The quantitative estimate of drug-likeness (QED) is 0.744. The molecule has 5 heteroatoms. The summed E-state index contributed by atoms with van der Waals surface area (Å²) in [6.07, 6.45) is 2.15. The van der Waals surface area contributed by atoms with Gasteiger partial charge in [0.05, 0.1) is 5.02 Å². The zero-order valence-electron chi connectivity index (χ0n) is 11.2. The SMILES string of the molecule is CCCC(NCc1cc(Cl)cc(Cl)c1O)c1cccs1. The van der Waals surface area contributed by atoms with Crippen molar-refractivity contribution in [3.63, 3.8) is 0 Å². The van der Waals surface area contributed by atoms with Gasteiger partial charge in [0.2, 0.25) is 0 Å². The average Bonchev–Trinajstić information content (AvgIpc) is 2.93. The summed E-state index contributed by atoms with van der Waals surface area (Å²) in [7, 11) is 0. The van der Waals surface area contributed by atoms with Crippen molar-refractivity contribution in [2.75, 3.05) is 0 Å². The lowest BCUT2D eigenvalue weighted by atomic mass is 10.1. The maximum atomic E-state index is 9.97. The highest BCUT2D eigenvalue weighted by Gasteiger charge is 2.13. The molecule has 0 saturated carbocycles. The van der Waals surface area contributed by atoms with E-state index in [1.54, 1.807) is 23.5 Å². The molecule has 0 fully saturated rings. The molecule has 1 aromatic carbocycles. The average molecular weight is 330 g/mol. The predicted molar refractivity (Wildman–Crippen MR) is 86.9 cm³/mol. The van der Waals surface area contributed by atoms with E-state index >= 15 is 0 Å². The molecule has 1 heterocycles. The molecular formula is C15H17Cl2NOS. The number of hydrogen-bond acceptors (Lipinski definition) is 3. The number of aromatic hydroxyl groups is 1. The minimum absolute atomic E-state index is 0.102. The van der Waals surface area contributed by atoms with Crippen LogP contribution in [-0.4, -0.2) is 5.11 Å². The van der Waals surface area contributed by atoms with E-state index in [0.29, 0.717) is 11.6 Å². The fourth-order valence-corrected chi connectivity index (χ4v) is 3.48. The van der Waals surface area contributed by atoms with Crippen molar-refractivity contribution in [2.45, 2.75) is 32.4 Å². The van der Waals surface area contributed by atoms with Crippen molar-refractivity contribution in [1.29, 1.82) is 0 Å². The lowest BCUT2D eigenvalue weighted by molar-refractivity contribution is 0.452. The molecule has 1 atom stereocenters. The smallest absolute Gasteiger partial charge is 0.138 e. The molecule has 0 aliphatic rings. The lowest BCUT2D eigenvalue weighted by Crippen LogP contribution is -2.20. The Morgan fingerprint density at radius 1 is 1.35 bits per heavy atom. The number of rotatable bonds is 6. The van der Waals surface area contributed by atoms with Crippen molar-refractivity contribution in [3.05, 3.63) is 50.1 Å². The van der Waals surface area contributed by atoms with Gasteiger partial charge in [-0.05, 0) is 30.0 Å². The van der Waals surface area contributed by atoms with Crippen molar-refractivity contribution in [3.8, 4) is 5.75 Å². The number of phenolic OH excluding ortho intramolecular Hbond substituents is 1. The molecule has 2 nitrogen and oxygen atoms in total. The van der Waals surface area contributed by atoms with E-state index in [1.807, 2.05) is 0 Å². The topological polar surface area (TPSA) is 32.3 Å². The maximum Gasteiger partial charge on any atom is 0.138 e. The van der Waals surface area contributed by atoms with Crippen LogP contribution in [-0.2, 0) is 6.54 Å². The Hall–Kier alpha value is -0.740. The van der Waals surface area contributed by atoms with Crippen LogP contribution in [0.25, 0.3) is 0 Å². The Bertz CT molecular complexity index is 557. The van der Waals surface area contributed by atoms with Crippen LogP contribution in [0.15, 0.2) is 29.6 Å². The van der Waals surface area contributed by atoms with Crippen LogP contribution in [0.5, 0.6) is 5.75 Å². The number of thiophene rings is 1. The van der Waals surface area contributed by atoms with Gasteiger partial charge in [-0.25, -0.2) is 0 Å². The number of nitrogens with one attached hydrogen (secondary N) is 1. The monoisotopic (exact) mass is 329 g/mol. The summed E-state index contributed by atoms with van der Waals surface area (Å²) >= 11 is 13.7. The first-order valence-electron chi connectivity index (χ1n) is 6.55. The molecule has 0 aliphatic carbocycles. The first kappa shape index (κ1) is 15.6. The second-order valence-corrected chi connectivity index (χ2v) is 6.46. The Labute approximate surface area is 133 Å². The Balaban J connectivity index is 2.10.